The van der Waals surface area contributed by atoms with Gasteiger partial charge in [-0.3, -0.25) is 0 Å². The molecular formula is C6H13NO3S. The van der Waals surface area contributed by atoms with Gasteiger partial charge in [-0.25, -0.2) is 0 Å². The Morgan fingerprint density at radius 2 is 2.36 bits per heavy atom. The van der Waals surface area contributed by atoms with Crippen molar-refractivity contribution in [2.24, 2.45) is 0 Å². The van der Waals surface area contributed by atoms with Gasteiger partial charge in [0.15, 0.2) is 0 Å². The number of quaternary nitrogens is 1. The number of rotatable bonds is 0. The molecule has 66 valence electrons. The highest BCUT2D eigenvalue weighted by molar-refractivity contribution is 7.80. The maximum absolute atomic E-state index is 8.89. The molecule has 0 spiro atoms. The van der Waals surface area contributed by atoms with Crippen LogP contribution in [0, 0.1) is 0 Å². The van der Waals surface area contributed by atoms with Gasteiger partial charge in [0.05, 0.1) is 13.2 Å². The van der Waals surface area contributed by atoms with E-state index in [9.17, 15) is 0 Å². The number of hydrogen-bond donors (Lipinski definition) is 2. The number of morpholine rings is 1. The lowest BCUT2D eigenvalue weighted by molar-refractivity contribution is -0.672. The molecule has 0 aliphatic carbocycles. The van der Waals surface area contributed by atoms with Crippen LogP contribution < -0.4 is 10.4 Å². The number of carboxylic acids is 1. The van der Waals surface area contributed by atoms with Crippen LogP contribution in [-0.4, -0.2) is 31.1 Å². The molecule has 1 aliphatic rings. The van der Waals surface area contributed by atoms with Crippen LogP contribution >= 0.6 is 12.6 Å². The van der Waals surface area contributed by atoms with Gasteiger partial charge in [-0.05, 0) is 6.92 Å². The van der Waals surface area contributed by atoms with E-state index in [-0.39, 0.29) is 5.44 Å². The Hall–Kier alpha value is -0.260. The second-order valence-corrected chi connectivity index (χ2v) is 2.71. The second kappa shape index (κ2) is 6.45. The summed E-state index contributed by atoms with van der Waals surface area (Å²) in [4.78, 5) is 8.89. The largest absolute Gasteiger partial charge is 0.550 e. The summed E-state index contributed by atoms with van der Waals surface area (Å²) in [6.45, 7) is 3.92. The van der Waals surface area contributed by atoms with Gasteiger partial charge >= 0.3 is 0 Å². The summed E-state index contributed by atoms with van der Waals surface area (Å²) in [7, 11) is 0. The van der Waals surface area contributed by atoms with E-state index >= 15 is 0 Å². The van der Waals surface area contributed by atoms with Crippen molar-refractivity contribution in [3.8, 4) is 0 Å². The molecular weight excluding hydrogens is 166 g/mol. The highest BCUT2D eigenvalue weighted by Crippen LogP contribution is 1.93. The van der Waals surface area contributed by atoms with Gasteiger partial charge in [-0.15, -0.1) is 12.6 Å². The molecule has 0 amide bonds. The summed E-state index contributed by atoms with van der Waals surface area (Å²) in [5, 5.41) is 11.1. The third kappa shape index (κ3) is 9.74. The van der Waals surface area contributed by atoms with E-state index in [1.807, 2.05) is 0 Å². The number of hydrogen-bond acceptors (Lipinski definition) is 4. The van der Waals surface area contributed by atoms with Crippen molar-refractivity contribution in [3.63, 3.8) is 0 Å². The molecule has 0 aromatic heterocycles. The first kappa shape index (κ1) is 10.7. The van der Waals surface area contributed by atoms with E-state index in [0.717, 1.165) is 26.6 Å². The fourth-order valence-corrected chi connectivity index (χ4v) is 0.870. The standard InChI is InChI=1S/C4H9NOS.C2H4O2/c7-4-3-5-1-2-6-4;1-2(3)4/h4-5,7H,1-3H2;1H3,(H,3,4). The van der Waals surface area contributed by atoms with Gasteiger partial charge in [-0.2, -0.15) is 0 Å². The number of nitrogens with two attached hydrogens (primary N) is 1. The summed E-state index contributed by atoms with van der Waals surface area (Å²) in [5.74, 6) is -1.08. The van der Waals surface area contributed by atoms with Crippen LogP contribution in [0.5, 0.6) is 0 Å². The van der Waals surface area contributed by atoms with E-state index in [1.54, 1.807) is 0 Å². The van der Waals surface area contributed by atoms with Crippen LogP contribution in [0.25, 0.3) is 0 Å². The van der Waals surface area contributed by atoms with Crippen molar-refractivity contribution in [1.29, 1.82) is 0 Å². The van der Waals surface area contributed by atoms with E-state index in [4.69, 9.17) is 14.6 Å². The average molecular weight is 179 g/mol. The van der Waals surface area contributed by atoms with E-state index in [1.165, 1.54) is 0 Å². The van der Waals surface area contributed by atoms with E-state index in [2.05, 4.69) is 17.9 Å². The van der Waals surface area contributed by atoms with Crippen LogP contribution in [0.2, 0.25) is 0 Å². The summed E-state index contributed by atoms with van der Waals surface area (Å²) < 4.78 is 5.11. The van der Waals surface area contributed by atoms with Gasteiger partial charge in [-0.1, -0.05) is 0 Å². The Morgan fingerprint density at radius 3 is 2.55 bits per heavy atom. The second-order valence-electron chi connectivity index (χ2n) is 2.13. The molecule has 0 bridgehead atoms. The molecule has 4 nitrogen and oxygen atoms in total. The Bertz CT molecular complexity index is 110. The number of aliphatic carboxylic acids is 1. The van der Waals surface area contributed by atoms with Crippen LogP contribution in [0.4, 0.5) is 0 Å². The molecule has 2 N–H and O–H groups in total. The molecule has 1 rings (SSSR count). The van der Waals surface area contributed by atoms with E-state index < -0.39 is 5.97 Å². The van der Waals surface area contributed by atoms with Crippen molar-refractivity contribution in [2.45, 2.75) is 12.4 Å². The highest BCUT2D eigenvalue weighted by atomic mass is 32.1. The van der Waals surface area contributed by atoms with Crippen molar-refractivity contribution in [3.05, 3.63) is 0 Å². The minimum atomic E-state index is -1.08. The van der Waals surface area contributed by atoms with Crippen molar-refractivity contribution in [2.75, 3.05) is 19.7 Å². The maximum Gasteiger partial charge on any atom is 0.149 e. The predicted molar refractivity (Wildman–Crippen MR) is 41.1 cm³/mol. The van der Waals surface area contributed by atoms with Gasteiger partial charge in [0.2, 0.25) is 0 Å². The zero-order valence-electron chi connectivity index (χ0n) is 6.45. The Morgan fingerprint density at radius 1 is 1.82 bits per heavy atom. The third-order valence-electron chi connectivity index (χ3n) is 1.00. The lowest BCUT2D eigenvalue weighted by Gasteiger charge is -2.15. The van der Waals surface area contributed by atoms with Gasteiger partial charge < -0.3 is 20.0 Å². The minimum Gasteiger partial charge on any atom is -0.550 e. The fourth-order valence-electron chi connectivity index (χ4n) is 0.616. The van der Waals surface area contributed by atoms with Crippen LogP contribution in [0.3, 0.4) is 0 Å². The average Bonchev–Trinajstić information content (AvgIpc) is 1.87. The summed E-state index contributed by atoms with van der Waals surface area (Å²) >= 11 is 4.11. The first-order valence-electron chi connectivity index (χ1n) is 3.42. The molecule has 1 atom stereocenters. The topological polar surface area (TPSA) is 66.0 Å². The van der Waals surface area contributed by atoms with Gasteiger partial charge in [0.1, 0.15) is 12.0 Å². The van der Waals surface area contributed by atoms with Crippen LogP contribution in [0.15, 0.2) is 0 Å². The van der Waals surface area contributed by atoms with Crippen molar-refractivity contribution < 1.29 is 20.0 Å². The number of ether oxygens (including phenoxy) is 1. The van der Waals surface area contributed by atoms with E-state index in [0.29, 0.717) is 0 Å². The Kier molecular flexibility index (Phi) is 6.30. The molecule has 0 radical (unpaired) electrons. The molecule has 1 unspecified atom stereocenters. The first-order valence-corrected chi connectivity index (χ1v) is 3.93. The lowest BCUT2D eigenvalue weighted by Crippen LogP contribution is -2.89. The molecule has 5 heteroatoms. The fraction of sp³-hybridized carbons (Fsp3) is 0.833. The van der Waals surface area contributed by atoms with Crippen LogP contribution in [0.1, 0.15) is 6.92 Å². The first-order chi connectivity index (χ1) is 5.13. The molecule has 1 fully saturated rings. The highest BCUT2D eigenvalue weighted by Gasteiger charge is 2.09. The number of carboxylic acid groups (broad SMARTS) is 1. The quantitative estimate of drug-likeness (QED) is 0.407. The smallest absolute Gasteiger partial charge is 0.149 e. The number of carbonyl (C=O) groups excluding carboxylic acids is 1. The van der Waals surface area contributed by atoms with Crippen molar-refractivity contribution >= 4 is 18.6 Å². The number of thiol groups is 1. The predicted octanol–water partition coefficient (Wildman–Crippen LogP) is -2.41. The minimum absolute atomic E-state index is 0.175. The van der Waals surface area contributed by atoms with Gasteiger partial charge in [0, 0.05) is 5.97 Å². The molecule has 0 saturated carbocycles. The molecule has 0 aromatic rings. The van der Waals surface area contributed by atoms with Gasteiger partial charge in [0.25, 0.3) is 0 Å². The third-order valence-corrected chi connectivity index (χ3v) is 1.36. The number of carbonyl (C=O) groups is 1. The maximum atomic E-state index is 8.89. The summed E-state index contributed by atoms with van der Waals surface area (Å²) in [6, 6.07) is 0. The molecule has 1 saturated heterocycles. The SMILES string of the molecule is CC(=O)[O-].SC1C[NH2+]CCO1. The van der Waals surface area contributed by atoms with Crippen molar-refractivity contribution in [1.82, 2.24) is 0 Å². The Balaban J connectivity index is 0.000000218. The normalized spacial score (nSPS) is 23.3. The molecule has 1 heterocycles. The monoisotopic (exact) mass is 179 g/mol. The van der Waals surface area contributed by atoms with Crippen LogP contribution in [-0.2, 0) is 9.53 Å². The zero-order chi connectivity index (χ0) is 8.69. The zero-order valence-corrected chi connectivity index (χ0v) is 7.34. The lowest BCUT2D eigenvalue weighted by atomic mass is 10.5. The molecule has 0 aromatic carbocycles. The molecule has 1 aliphatic heterocycles. The molecule has 11 heavy (non-hydrogen) atoms. The Labute approximate surface area is 71.3 Å². The summed E-state index contributed by atoms with van der Waals surface area (Å²) in [5.41, 5.74) is 0.175. The summed E-state index contributed by atoms with van der Waals surface area (Å²) in [6.07, 6.45) is 0.